The molecule has 1 aliphatic carbocycles. The molecule has 150 valence electrons. The van der Waals surface area contributed by atoms with E-state index in [-0.39, 0.29) is 11.7 Å². The molecule has 0 amide bonds. The summed E-state index contributed by atoms with van der Waals surface area (Å²) in [5.74, 6) is -0.839. The Hall–Kier alpha value is -2.08. The Morgan fingerprint density at radius 1 is 1.21 bits per heavy atom. The van der Waals surface area contributed by atoms with E-state index < -0.39 is 11.9 Å². The van der Waals surface area contributed by atoms with Gasteiger partial charge in [0.15, 0.2) is 5.78 Å². The average molecular weight is 448 g/mol. The summed E-state index contributed by atoms with van der Waals surface area (Å²) in [7, 11) is 1.34. The van der Waals surface area contributed by atoms with Gasteiger partial charge in [-0.15, -0.1) is 11.3 Å². The normalized spacial score (nSPS) is 21.7. The minimum absolute atomic E-state index is 0.0297. The van der Waals surface area contributed by atoms with Crippen molar-refractivity contribution < 1.29 is 14.3 Å². The molecule has 4 nitrogen and oxygen atoms in total. The van der Waals surface area contributed by atoms with Crippen molar-refractivity contribution in [3.63, 3.8) is 0 Å². The number of hydrogen-bond acceptors (Lipinski definition) is 5. The topological polar surface area (TPSA) is 55.4 Å². The molecular formula is C22H19Cl2NO3S. The highest BCUT2D eigenvalue weighted by atomic mass is 35.5. The van der Waals surface area contributed by atoms with Crippen LogP contribution in [0.25, 0.3) is 0 Å². The zero-order valence-corrected chi connectivity index (χ0v) is 18.3. The van der Waals surface area contributed by atoms with Crippen LogP contribution in [0.3, 0.4) is 0 Å². The molecule has 1 N–H and O–H groups in total. The maximum absolute atomic E-state index is 13.3. The van der Waals surface area contributed by atoms with Crippen molar-refractivity contribution in [3.05, 3.63) is 78.7 Å². The van der Waals surface area contributed by atoms with Gasteiger partial charge in [0, 0.05) is 40.1 Å². The van der Waals surface area contributed by atoms with Crippen LogP contribution in [0.2, 0.25) is 10.0 Å². The van der Waals surface area contributed by atoms with Crippen molar-refractivity contribution >= 4 is 46.3 Å². The summed E-state index contributed by atoms with van der Waals surface area (Å²) in [5, 5.41) is 6.14. The van der Waals surface area contributed by atoms with Gasteiger partial charge in [0.1, 0.15) is 0 Å². The third-order valence-electron chi connectivity index (χ3n) is 5.46. The first-order chi connectivity index (χ1) is 13.9. The number of halogens is 2. The summed E-state index contributed by atoms with van der Waals surface area (Å²) in [6.07, 6.45) is 1.12. The lowest BCUT2D eigenvalue weighted by Gasteiger charge is -2.36. The first-order valence-electron chi connectivity index (χ1n) is 9.21. The van der Waals surface area contributed by atoms with Crippen molar-refractivity contribution in [2.45, 2.75) is 31.6 Å². The lowest BCUT2D eigenvalue weighted by molar-refractivity contribution is -0.136. The zero-order valence-electron chi connectivity index (χ0n) is 15.9. The van der Waals surface area contributed by atoms with Crippen LogP contribution in [0, 0.1) is 0 Å². The van der Waals surface area contributed by atoms with E-state index in [1.807, 2.05) is 24.4 Å². The lowest BCUT2D eigenvalue weighted by atomic mass is 9.72. The molecule has 1 aromatic carbocycles. The molecule has 0 saturated carbocycles. The van der Waals surface area contributed by atoms with Crippen molar-refractivity contribution in [3.8, 4) is 0 Å². The van der Waals surface area contributed by atoms with Gasteiger partial charge in [-0.25, -0.2) is 4.79 Å². The number of hydrogen-bond donors (Lipinski definition) is 1. The number of ketones is 1. The summed E-state index contributed by atoms with van der Waals surface area (Å²) >= 11 is 14.0. The van der Waals surface area contributed by atoms with E-state index in [2.05, 4.69) is 11.4 Å². The summed E-state index contributed by atoms with van der Waals surface area (Å²) in [6.45, 7) is 1.83. The van der Waals surface area contributed by atoms with Crippen LogP contribution in [0.1, 0.15) is 42.0 Å². The van der Waals surface area contributed by atoms with Gasteiger partial charge < -0.3 is 10.1 Å². The molecular weight excluding hydrogens is 429 g/mol. The van der Waals surface area contributed by atoms with Crippen LogP contribution in [0.5, 0.6) is 0 Å². The van der Waals surface area contributed by atoms with Crippen LogP contribution in [-0.4, -0.2) is 18.9 Å². The van der Waals surface area contributed by atoms with Crippen molar-refractivity contribution in [1.29, 1.82) is 0 Å². The van der Waals surface area contributed by atoms with Crippen molar-refractivity contribution in [2.75, 3.05) is 7.11 Å². The van der Waals surface area contributed by atoms with E-state index in [1.165, 1.54) is 12.0 Å². The summed E-state index contributed by atoms with van der Waals surface area (Å²) < 4.78 is 5.03. The Morgan fingerprint density at radius 3 is 2.66 bits per heavy atom. The fourth-order valence-electron chi connectivity index (χ4n) is 4.17. The number of benzene rings is 1. The predicted molar refractivity (Wildman–Crippen MR) is 115 cm³/mol. The summed E-state index contributed by atoms with van der Waals surface area (Å²) in [6, 6.07) is 9.29. The molecule has 7 heteroatoms. The predicted octanol–water partition coefficient (Wildman–Crippen LogP) is 5.59. The number of nitrogens with one attached hydrogen (secondary N) is 1. The molecule has 0 spiro atoms. The van der Waals surface area contributed by atoms with Gasteiger partial charge in [0.25, 0.3) is 0 Å². The largest absolute Gasteiger partial charge is 0.466 e. The number of dihydropyridines is 1. The molecule has 0 fully saturated rings. The van der Waals surface area contributed by atoms with E-state index >= 15 is 0 Å². The third-order valence-corrected chi connectivity index (χ3v) is 7.23. The monoisotopic (exact) mass is 447 g/mol. The molecule has 2 heterocycles. The van der Waals surface area contributed by atoms with Crippen LogP contribution in [0.4, 0.5) is 0 Å². The molecule has 2 aromatic rings. The first kappa shape index (κ1) is 20.2. The van der Waals surface area contributed by atoms with E-state index in [4.69, 9.17) is 27.9 Å². The number of thiophene rings is 1. The number of Topliss-reactive ketones (excluding diaryl/α,β-unsaturated/α-hetero) is 1. The molecule has 0 saturated heterocycles. The van der Waals surface area contributed by atoms with Gasteiger partial charge in [-0.3, -0.25) is 4.79 Å². The number of allylic oxidation sites excluding steroid dienone is 3. The van der Waals surface area contributed by atoms with E-state index in [1.54, 1.807) is 23.5 Å². The maximum atomic E-state index is 13.3. The van der Waals surface area contributed by atoms with E-state index in [0.29, 0.717) is 39.7 Å². The number of carbonyl (C=O) groups excluding carboxylic acids is 2. The summed E-state index contributed by atoms with van der Waals surface area (Å²) in [4.78, 5) is 27.1. The Bertz CT molecular complexity index is 1060. The van der Waals surface area contributed by atoms with E-state index in [0.717, 1.165) is 11.3 Å². The van der Waals surface area contributed by atoms with Gasteiger partial charge in [0.05, 0.1) is 22.7 Å². The Morgan fingerprint density at radius 2 is 2.00 bits per heavy atom. The smallest absolute Gasteiger partial charge is 0.336 e. The Kier molecular flexibility index (Phi) is 5.56. The van der Waals surface area contributed by atoms with Crippen LogP contribution in [0.15, 0.2) is 58.3 Å². The number of ether oxygens (including phenoxy) is 1. The molecule has 1 aliphatic heterocycles. The minimum Gasteiger partial charge on any atom is -0.466 e. The number of esters is 1. The maximum Gasteiger partial charge on any atom is 0.336 e. The second kappa shape index (κ2) is 7.98. The number of rotatable bonds is 3. The first-order valence-corrected chi connectivity index (χ1v) is 10.8. The van der Waals surface area contributed by atoms with Crippen molar-refractivity contribution in [1.82, 2.24) is 5.32 Å². The number of carbonyl (C=O) groups is 2. The molecule has 4 rings (SSSR count). The quantitative estimate of drug-likeness (QED) is 0.622. The minimum atomic E-state index is -0.537. The average Bonchev–Trinajstić information content (AvgIpc) is 3.23. The Labute approximate surface area is 183 Å². The molecule has 2 unspecified atom stereocenters. The standard InChI is InChI=1S/C22H19Cl2NO3S/c1-11-19(22(27)28-2)20(12-5-6-14(23)15(24)8-12)21-16(25-11)9-13(10-17(21)26)18-4-3-7-29-18/h3-8,13,20,25H,9-10H2,1-2H3. The van der Waals surface area contributed by atoms with Gasteiger partial charge in [-0.1, -0.05) is 35.3 Å². The van der Waals surface area contributed by atoms with Gasteiger partial charge >= 0.3 is 5.97 Å². The van der Waals surface area contributed by atoms with Crippen LogP contribution < -0.4 is 5.32 Å². The van der Waals surface area contributed by atoms with Gasteiger partial charge in [0.2, 0.25) is 0 Å². The second-order valence-corrected chi connectivity index (χ2v) is 8.99. The highest BCUT2D eigenvalue weighted by Crippen LogP contribution is 2.46. The second-order valence-electron chi connectivity index (χ2n) is 7.20. The fraction of sp³-hybridized carbons (Fsp3) is 0.273. The fourth-order valence-corrected chi connectivity index (χ4v) is 5.31. The molecule has 0 bridgehead atoms. The third kappa shape index (κ3) is 3.63. The Balaban J connectivity index is 1.84. The molecule has 2 aliphatic rings. The van der Waals surface area contributed by atoms with Crippen LogP contribution >= 0.6 is 34.5 Å². The van der Waals surface area contributed by atoms with Crippen molar-refractivity contribution in [2.24, 2.45) is 0 Å². The van der Waals surface area contributed by atoms with E-state index in [9.17, 15) is 9.59 Å². The molecule has 29 heavy (non-hydrogen) atoms. The highest BCUT2D eigenvalue weighted by Gasteiger charge is 2.41. The SMILES string of the molecule is COC(=O)C1=C(C)NC2=C(C(=O)CC(c3cccs3)C2)C1c1ccc(Cl)c(Cl)c1. The van der Waals surface area contributed by atoms with Gasteiger partial charge in [-0.2, -0.15) is 0 Å². The molecule has 1 aromatic heterocycles. The molecule has 2 atom stereocenters. The zero-order chi connectivity index (χ0) is 20.7. The highest BCUT2D eigenvalue weighted by molar-refractivity contribution is 7.10. The van der Waals surface area contributed by atoms with Crippen LogP contribution in [-0.2, 0) is 14.3 Å². The molecule has 0 radical (unpaired) electrons. The van der Waals surface area contributed by atoms with Gasteiger partial charge in [-0.05, 0) is 42.5 Å². The summed E-state index contributed by atoms with van der Waals surface area (Å²) in [5.41, 5.74) is 3.33. The lowest BCUT2D eigenvalue weighted by Crippen LogP contribution is -2.35. The number of methoxy groups -OCH3 is 1.